The van der Waals surface area contributed by atoms with Crippen molar-refractivity contribution in [2.24, 2.45) is 5.73 Å². The lowest BCUT2D eigenvalue weighted by Gasteiger charge is -2.15. The highest BCUT2D eigenvalue weighted by atomic mass is 35.5. The van der Waals surface area contributed by atoms with Gasteiger partial charge in [-0.3, -0.25) is 4.79 Å². The first-order chi connectivity index (χ1) is 6.63. The number of aryl methyl sites for hydroxylation is 1. The molecule has 2 N–H and O–H groups in total. The predicted molar refractivity (Wildman–Crippen MR) is 66.4 cm³/mol. The van der Waals surface area contributed by atoms with Crippen molar-refractivity contribution in [3.8, 4) is 0 Å². The smallest absolute Gasteiger partial charge is 0.223 e. The lowest BCUT2D eigenvalue weighted by Crippen LogP contribution is -2.27. The fourth-order valence-corrected chi connectivity index (χ4v) is 2.15. The average molecular weight is 249 g/mol. The van der Waals surface area contributed by atoms with E-state index in [0.29, 0.717) is 19.5 Å². The Bertz CT molecular complexity index is 314. The lowest BCUT2D eigenvalue weighted by molar-refractivity contribution is -0.130. The van der Waals surface area contributed by atoms with Crippen molar-refractivity contribution in [1.82, 2.24) is 4.90 Å². The number of carbonyl (C=O) groups excluding carboxylic acids is 1. The molecule has 0 bridgehead atoms. The van der Waals surface area contributed by atoms with Gasteiger partial charge in [-0.05, 0) is 19.1 Å². The van der Waals surface area contributed by atoms with Crippen molar-refractivity contribution >= 4 is 29.7 Å². The minimum absolute atomic E-state index is 0. The molecule has 0 saturated carbocycles. The van der Waals surface area contributed by atoms with Crippen LogP contribution in [0.4, 0.5) is 0 Å². The zero-order valence-electron chi connectivity index (χ0n) is 9.03. The maximum atomic E-state index is 11.4. The van der Waals surface area contributed by atoms with E-state index in [1.165, 1.54) is 9.75 Å². The van der Waals surface area contributed by atoms with Crippen LogP contribution in [0.2, 0.25) is 0 Å². The van der Waals surface area contributed by atoms with E-state index in [4.69, 9.17) is 5.73 Å². The molecule has 5 heteroatoms. The Morgan fingerprint density at radius 2 is 2.20 bits per heavy atom. The third kappa shape index (κ3) is 4.64. The summed E-state index contributed by atoms with van der Waals surface area (Å²) < 4.78 is 0. The number of halogens is 1. The molecule has 0 unspecified atom stereocenters. The molecule has 0 radical (unpaired) electrons. The highest BCUT2D eigenvalue weighted by Crippen LogP contribution is 2.16. The van der Waals surface area contributed by atoms with Crippen LogP contribution < -0.4 is 5.73 Å². The highest BCUT2D eigenvalue weighted by Gasteiger charge is 2.08. The molecule has 0 aromatic carbocycles. The van der Waals surface area contributed by atoms with Crippen LogP contribution in [-0.4, -0.2) is 24.4 Å². The van der Waals surface area contributed by atoms with Gasteiger partial charge in [-0.2, -0.15) is 0 Å². The molecule has 1 aromatic rings. The molecule has 3 nitrogen and oxygen atoms in total. The van der Waals surface area contributed by atoms with E-state index in [0.717, 1.165) is 0 Å². The number of thiophene rings is 1. The number of carbonyl (C=O) groups is 1. The third-order valence-corrected chi connectivity index (χ3v) is 2.96. The fraction of sp³-hybridized carbons (Fsp3) is 0.500. The second kappa shape index (κ2) is 6.82. The first kappa shape index (κ1) is 14.4. The van der Waals surface area contributed by atoms with E-state index >= 15 is 0 Å². The summed E-state index contributed by atoms with van der Waals surface area (Å²) >= 11 is 1.73. The zero-order valence-corrected chi connectivity index (χ0v) is 10.7. The Kier molecular flexibility index (Phi) is 6.56. The van der Waals surface area contributed by atoms with Crippen LogP contribution in [0.25, 0.3) is 0 Å². The molecule has 1 heterocycles. The van der Waals surface area contributed by atoms with E-state index in [-0.39, 0.29) is 18.3 Å². The predicted octanol–water partition coefficient (Wildman–Crippen LogP) is 1.79. The summed E-state index contributed by atoms with van der Waals surface area (Å²) in [5, 5.41) is 0. The fourth-order valence-electron chi connectivity index (χ4n) is 1.21. The van der Waals surface area contributed by atoms with Gasteiger partial charge in [0, 0.05) is 29.8 Å². The van der Waals surface area contributed by atoms with Crippen LogP contribution in [0.15, 0.2) is 12.1 Å². The van der Waals surface area contributed by atoms with Crippen molar-refractivity contribution in [3.63, 3.8) is 0 Å². The molecule has 0 aliphatic rings. The minimum atomic E-state index is 0. The van der Waals surface area contributed by atoms with Crippen molar-refractivity contribution in [2.45, 2.75) is 19.9 Å². The van der Waals surface area contributed by atoms with Crippen LogP contribution in [-0.2, 0) is 11.3 Å². The Balaban J connectivity index is 0.00000196. The topological polar surface area (TPSA) is 46.3 Å². The molecule has 1 amide bonds. The first-order valence-electron chi connectivity index (χ1n) is 4.63. The maximum absolute atomic E-state index is 11.4. The molecule has 0 spiro atoms. The van der Waals surface area contributed by atoms with Gasteiger partial charge in [0.25, 0.3) is 0 Å². The standard InChI is InChI=1S/C10H16N2OS.ClH/c1-8-3-4-9(14-8)7-12(2)10(13)5-6-11;/h3-4H,5-7,11H2,1-2H3;1H. The van der Waals surface area contributed by atoms with Crippen molar-refractivity contribution < 1.29 is 4.79 Å². The van der Waals surface area contributed by atoms with E-state index < -0.39 is 0 Å². The number of nitrogens with zero attached hydrogens (tertiary/aromatic N) is 1. The zero-order chi connectivity index (χ0) is 10.6. The van der Waals surface area contributed by atoms with Crippen molar-refractivity contribution in [1.29, 1.82) is 0 Å². The Hall–Kier alpha value is -0.580. The summed E-state index contributed by atoms with van der Waals surface area (Å²) in [5.74, 6) is 0.110. The van der Waals surface area contributed by atoms with E-state index in [2.05, 4.69) is 19.1 Å². The van der Waals surface area contributed by atoms with Gasteiger partial charge in [-0.15, -0.1) is 23.7 Å². The molecule has 86 valence electrons. The highest BCUT2D eigenvalue weighted by molar-refractivity contribution is 7.11. The van der Waals surface area contributed by atoms with Gasteiger partial charge >= 0.3 is 0 Å². The Morgan fingerprint density at radius 3 is 2.67 bits per heavy atom. The van der Waals surface area contributed by atoms with Crippen LogP contribution in [0.5, 0.6) is 0 Å². The van der Waals surface area contributed by atoms with Gasteiger partial charge in [0.1, 0.15) is 0 Å². The van der Waals surface area contributed by atoms with Crippen LogP contribution >= 0.6 is 23.7 Å². The lowest BCUT2D eigenvalue weighted by atomic mass is 10.3. The average Bonchev–Trinajstić information content (AvgIpc) is 2.51. The van der Waals surface area contributed by atoms with Crippen molar-refractivity contribution in [2.75, 3.05) is 13.6 Å². The molecular formula is C10H17ClN2OS. The second-order valence-corrected chi connectivity index (χ2v) is 4.67. The quantitative estimate of drug-likeness (QED) is 0.883. The van der Waals surface area contributed by atoms with Gasteiger partial charge in [-0.1, -0.05) is 0 Å². The van der Waals surface area contributed by atoms with Gasteiger partial charge in [0.2, 0.25) is 5.91 Å². The van der Waals surface area contributed by atoms with Gasteiger partial charge < -0.3 is 10.6 Å². The van der Waals surface area contributed by atoms with Gasteiger partial charge in [0.15, 0.2) is 0 Å². The normalized spacial score (nSPS) is 9.53. The number of nitrogens with two attached hydrogens (primary N) is 1. The largest absolute Gasteiger partial charge is 0.341 e. The molecule has 1 aromatic heterocycles. The van der Waals surface area contributed by atoms with Crippen LogP contribution in [0, 0.1) is 6.92 Å². The summed E-state index contributed by atoms with van der Waals surface area (Å²) in [4.78, 5) is 15.6. The van der Waals surface area contributed by atoms with E-state index in [9.17, 15) is 4.79 Å². The van der Waals surface area contributed by atoms with Crippen molar-refractivity contribution in [3.05, 3.63) is 21.9 Å². The SMILES string of the molecule is Cc1ccc(CN(C)C(=O)CCN)s1.Cl. The number of hydrogen-bond donors (Lipinski definition) is 1. The van der Waals surface area contributed by atoms with Crippen LogP contribution in [0.3, 0.4) is 0 Å². The molecule has 1 rings (SSSR count). The minimum Gasteiger partial charge on any atom is -0.341 e. The van der Waals surface area contributed by atoms with Crippen LogP contribution in [0.1, 0.15) is 16.2 Å². The summed E-state index contributed by atoms with van der Waals surface area (Å²) in [5.41, 5.74) is 5.32. The first-order valence-corrected chi connectivity index (χ1v) is 5.44. The second-order valence-electron chi connectivity index (χ2n) is 3.30. The summed E-state index contributed by atoms with van der Waals surface area (Å²) in [6, 6.07) is 4.13. The van der Waals surface area contributed by atoms with Gasteiger partial charge in [0.05, 0.1) is 6.54 Å². The third-order valence-electron chi connectivity index (χ3n) is 1.97. The summed E-state index contributed by atoms with van der Waals surface area (Å²) in [7, 11) is 1.81. The maximum Gasteiger partial charge on any atom is 0.223 e. The molecule has 0 aliphatic carbocycles. The molecule has 0 saturated heterocycles. The Morgan fingerprint density at radius 1 is 1.53 bits per heavy atom. The molecule has 0 atom stereocenters. The Labute approximate surface area is 101 Å². The molecule has 0 fully saturated rings. The molecular weight excluding hydrogens is 232 g/mol. The summed E-state index contributed by atoms with van der Waals surface area (Å²) in [6.45, 7) is 3.18. The van der Waals surface area contributed by atoms with E-state index in [1.807, 2.05) is 7.05 Å². The van der Waals surface area contributed by atoms with Gasteiger partial charge in [-0.25, -0.2) is 0 Å². The molecule has 15 heavy (non-hydrogen) atoms. The number of hydrogen-bond acceptors (Lipinski definition) is 3. The molecule has 0 aliphatic heterocycles. The van der Waals surface area contributed by atoms with E-state index in [1.54, 1.807) is 16.2 Å². The monoisotopic (exact) mass is 248 g/mol. The number of rotatable bonds is 4. The summed E-state index contributed by atoms with van der Waals surface area (Å²) in [6.07, 6.45) is 0.431. The number of amides is 1.